The second kappa shape index (κ2) is 6.93. The minimum atomic E-state index is -4.53. The Kier molecular flexibility index (Phi) is 6.01. The van der Waals surface area contributed by atoms with Crippen molar-refractivity contribution in [3.05, 3.63) is 42.5 Å². The fourth-order valence-corrected chi connectivity index (χ4v) is 3.52. The van der Waals surface area contributed by atoms with E-state index in [0.717, 1.165) is 9.87 Å². The quantitative estimate of drug-likeness (QED) is 0.555. The van der Waals surface area contributed by atoms with Crippen LogP contribution in [0, 0.1) is 6.92 Å². The number of halogens is 4. The Morgan fingerprint density at radius 1 is 1.33 bits per heavy atom. The predicted octanol–water partition coefficient (Wildman–Crippen LogP) is 3.50. The largest absolute Gasteiger partial charge is 0.402 e. The number of rotatable bonds is 6. The molecule has 0 saturated heterocycles. The molecule has 0 aliphatic carbocycles. The highest BCUT2D eigenvalue weighted by Gasteiger charge is 2.40. The maximum Gasteiger partial charge on any atom is 0.402 e. The Labute approximate surface area is 130 Å². The van der Waals surface area contributed by atoms with E-state index in [1.165, 1.54) is 18.2 Å². The van der Waals surface area contributed by atoms with E-state index in [1.54, 1.807) is 19.1 Å². The highest BCUT2D eigenvalue weighted by atomic mass is 79.9. The molecule has 1 aromatic rings. The number of nitrogens with zero attached hydrogens (tertiary/aromatic N) is 1. The molecule has 0 aliphatic rings. The molecule has 0 spiro atoms. The average molecular weight is 386 g/mol. The van der Waals surface area contributed by atoms with Crippen LogP contribution in [0.25, 0.3) is 0 Å². The van der Waals surface area contributed by atoms with Gasteiger partial charge in [-0.2, -0.15) is 17.5 Å². The summed E-state index contributed by atoms with van der Waals surface area (Å²) >= 11 is 2.48. The van der Waals surface area contributed by atoms with Gasteiger partial charge >= 0.3 is 6.18 Å². The van der Waals surface area contributed by atoms with Gasteiger partial charge in [-0.15, -0.1) is 6.58 Å². The Bertz CT molecular complexity index is 584. The van der Waals surface area contributed by atoms with Crippen molar-refractivity contribution >= 4 is 26.0 Å². The van der Waals surface area contributed by atoms with Crippen molar-refractivity contribution in [3.63, 3.8) is 0 Å². The highest BCUT2D eigenvalue weighted by Crippen LogP contribution is 2.28. The molecular formula is C13H15BrF3NO2S. The zero-order valence-electron chi connectivity index (χ0n) is 11.3. The lowest BCUT2D eigenvalue weighted by Crippen LogP contribution is -2.40. The molecule has 0 aromatic heterocycles. The molecule has 1 aromatic carbocycles. The number of hydrogen-bond donors (Lipinski definition) is 0. The van der Waals surface area contributed by atoms with Crippen LogP contribution in [0.5, 0.6) is 0 Å². The van der Waals surface area contributed by atoms with Crippen LogP contribution in [0.2, 0.25) is 0 Å². The van der Waals surface area contributed by atoms with Gasteiger partial charge in [0.05, 0.1) is 4.90 Å². The minimum Gasteiger partial charge on any atom is -0.207 e. The molecule has 0 radical (unpaired) electrons. The lowest BCUT2D eigenvalue weighted by Gasteiger charge is -2.24. The summed E-state index contributed by atoms with van der Waals surface area (Å²) in [4.78, 5) is -1.98. The van der Waals surface area contributed by atoms with Crippen LogP contribution in [0.3, 0.4) is 0 Å². The first-order valence-corrected chi connectivity index (χ1v) is 8.33. The third-order valence-corrected chi connectivity index (χ3v) is 5.37. The molecule has 0 aliphatic heterocycles. The Balaban J connectivity index is 3.09. The van der Waals surface area contributed by atoms with Crippen LogP contribution in [0.1, 0.15) is 5.56 Å². The molecule has 0 amide bonds. The first-order chi connectivity index (χ1) is 9.59. The van der Waals surface area contributed by atoms with Gasteiger partial charge < -0.3 is 0 Å². The Morgan fingerprint density at radius 2 is 1.86 bits per heavy atom. The van der Waals surface area contributed by atoms with Gasteiger partial charge in [-0.1, -0.05) is 39.7 Å². The van der Waals surface area contributed by atoms with E-state index in [9.17, 15) is 21.6 Å². The Hall–Kier alpha value is -0.860. The number of benzene rings is 1. The van der Waals surface area contributed by atoms with Gasteiger partial charge in [0, 0.05) is 13.1 Å². The van der Waals surface area contributed by atoms with E-state index in [1.807, 2.05) is 0 Å². The van der Waals surface area contributed by atoms with Crippen molar-refractivity contribution in [2.45, 2.75) is 22.8 Å². The van der Waals surface area contributed by atoms with Crippen LogP contribution >= 0.6 is 15.9 Å². The number of aryl methyl sites for hydroxylation is 1. The van der Waals surface area contributed by atoms with Crippen molar-refractivity contribution in [1.82, 2.24) is 4.31 Å². The van der Waals surface area contributed by atoms with Crippen LogP contribution in [-0.4, -0.2) is 36.8 Å². The fourth-order valence-electron chi connectivity index (χ4n) is 1.56. The second-order valence-corrected chi connectivity index (χ2v) is 7.48. The zero-order valence-corrected chi connectivity index (χ0v) is 13.7. The fraction of sp³-hybridized carbons (Fsp3) is 0.385. The van der Waals surface area contributed by atoms with Gasteiger partial charge in [0.2, 0.25) is 10.0 Å². The van der Waals surface area contributed by atoms with E-state index in [2.05, 4.69) is 22.5 Å². The van der Waals surface area contributed by atoms with Gasteiger partial charge in [-0.3, -0.25) is 0 Å². The van der Waals surface area contributed by atoms with E-state index >= 15 is 0 Å². The molecule has 0 N–H and O–H groups in total. The molecule has 0 bridgehead atoms. The van der Waals surface area contributed by atoms with Gasteiger partial charge in [0.25, 0.3) is 0 Å². The average Bonchev–Trinajstić information content (AvgIpc) is 2.37. The van der Waals surface area contributed by atoms with Crippen molar-refractivity contribution < 1.29 is 21.6 Å². The SMILES string of the molecule is C=CCN(CC(Br)C(F)(F)F)S(=O)(=O)c1ccc(C)cc1. The zero-order chi connectivity index (χ0) is 16.3. The maximum absolute atomic E-state index is 12.6. The first kappa shape index (κ1) is 18.2. The third-order valence-electron chi connectivity index (χ3n) is 2.71. The van der Waals surface area contributed by atoms with E-state index in [0.29, 0.717) is 0 Å². The number of sulfonamides is 1. The smallest absolute Gasteiger partial charge is 0.207 e. The Morgan fingerprint density at radius 3 is 2.29 bits per heavy atom. The van der Waals surface area contributed by atoms with Crippen molar-refractivity contribution in [1.29, 1.82) is 0 Å². The normalized spacial score (nSPS) is 14.2. The molecule has 1 rings (SSSR count). The number of hydrogen-bond acceptors (Lipinski definition) is 2. The molecule has 21 heavy (non-hydrogen) atoms. The molecule has 0 heterocycles. The van der Waals surface area contributed by atoms with Crippen LogP contribution in [0.4, 0.5) is 13.2 Å². The molecular weight excluding hydrogens is 371 g/mol. The monoisotopic (exact) mass is 385 g/mol. The van der Waals surface area contributed by atoms with Crippen molar-refractivity contribution in [2.75, 3.05) is 13.1 Å². The first-order valence-electron chi connectivity index (χ1n) is 5.97. The molecule has 1 unspecified atom stereocenters. The van der Waals surface area contributed by atoms with E-state index in [4.69, 9.17) is 0 Å². The summed E-state index contributed by atoms with van der Waals surface area (Å²) in [5, 5.41) is 0. The predicted molar refractivity (Wildman–Crippen MR) is 78.9 cm³/mol. The molecule has 118 valence electrons. The molecule has 3 nitrogen and oxygen atoms in total. The minimum absolute atomic E-state index is 0.0446. The lowest BCUT2D eigenvalue weighted by molar-refractivity contribution is -0.128. The highest BCUT2D eigenvalue weighted by molar-refractivity contribution is 9.09. The van der Waals surface area contributed by atoms with E-state index in [-0.39, 0.29) is 11.4 Å². The molecule has 0 fully saturated rings. The van der Waals surface area contributed by atoms with Gasteiger partial charge in [0.15, 0.2) is 0 Å². The van der Waals surface area contributed by atoms with Crippen molar-refractivity contribution in [2.24, 2.45) is 0 Å². The maximum atomic E-state index is 12.6. The topological polar surface area (TPSA) is 37.4 Å². The summed E-state index contributed by atoms with van der Waals surface area (Å²) in [6, 6.07) is 5.93. The van der Waals surface area contributed by atoms with E-state index < -0.39 is 27.6 Å². The second-order valence-electron chi connectivity index (χ2n) is 4.43. The molecule has 1 atom stereocenters. The summed E-state index contributed by atoms with van der Waals surface area (Å²) in [7, 11) is -4.00. The summed E-state index contributed by atoms with van der Waals surface area (Å²) < 4.78 is 63.3. The van der Waals surface area contributed by atoms with Crippen LogP contribution in [0.15, 0.2) is 41.8 Å². The number of alkyl halides is 4. The summed E-state index contributed by atoms with van der Waals surface area (Å²) in [5.41, 5.74) is 0.859. The van der Waals surface area contributed by atoms with Gasteiger partial charge in [0.1, 0.15) is 4.83 Å². The van der Waals surface area contributed by atoms with Crippen LogP contribution in [-0.2, 0) is 10.0 Å². The van der Waals surface area contributed by atoms with Gasteiger partial charge in [-0.05, 0) is 19.1 Å². The standard InChI is InChI=1S/C13H15BrF3NO2S/c1-3-8-18(9-12(14)13(15,16)17)21(19,20)11-6-4-10(2)5-7-11/h3-7,12H,1,8-9H2,2H3. The molecule has 8 heteroatoms. The molecule has 0 saturated carbocycles. The van der Waals surface area contributed by atoms with Gasteiger partial charge in [-0.25, -0.2) is 8.42 Å². The summed E-state index contributed by atoms with van der Waals surface area (Å²) in [6.07, 6.45) is -3.27. The van der Waals surface area contributed by atoms with Crippen molar-refractivity contribution in [3.8, 4) is 0 Å². The summed E-state index contributed by atoms with van der Waals surface area (Å²) in [6.45, 7) is 4.26. The third kappa shape index (κ3) is 4.82. The van der Waals surface area contributed by atoms with Crippen LogP contribution < -0.4 is 0 Å². The lowest BCUT2D eigenvalue weighted by atomic mass is 10.2. The summed E-state index contributed by atoms with van der Waals surface area (Å²) in [5.74, 6) is 0.